The topological polar surface area (TPSA) is 72.2 Å². The third-order valence-electron chi connectivity index (χ3n) is 6.63. The Morgan fingerprint density at radius 1 is 1.14 bits per heavy atom. The van der Waals surface area contributed by atoms with Crippen LogP contribution in [0.2, 0.25) is 10.0 Å². The fourth-order valence-electron chi connectivity index (χ4n) is 4.67. The van der Waals surface area contributed by atoms with Crippen LogP contribution in [0.15, 0.2) is 61.2 Å². The predicted octanol–water partition coefficient (Wildman–Crippen LogP) is 4.00. The highest BCUT2D eigenvalue weighted by Gasteiger charge is 2.45. The van der Waals surface area contributed by atoms with E-state index in [9.17, 15) is 5.11 Å². The standard InChI is InChI=1S/C26H30Cl2N4O4/c1-19(33)31-10-12-32(13-11-31)21-3-5-22(6-4-21)34-15-23-16-35-26(36-23,17-30-9-8-29-18-30)24-7-2-20(27)14-25(24)28/h2-9,14,18-19,23,33H,10-13,15-17H2,1H3/t19?,23-,26-/m0/s1. The number of imidazole rings is 1. The van der Waals surface area contributed by atoms with Crippen molar-refractivity contribution in [3.05, 3.63) is 76.8 Å². The number of ether oxygens (including phenoxy) is 3. The largest absolute Gasteiger partial charge is 0.491 e. The Hall–Kier alpha value is -2.33. The number of rotatable bonds is 8. The van der Waals surface area contributed by atoms with Crippen LogP contribution < -0.4 is 9.64 Å². The molecule has 0 bridgehead atoms. The molecule has 1 unspecified atom stereocenters. The fraction of sp³-hybridized carbons (Fsp3) is 0.423. The molecule has 2 fully saturated rings. The van der Waals surface area contributed by atoms with Crippen molar-refractivity contribution in [1.82, 2.24) is 14.5 Å². The van der Waals surface area contributed by atoms with E-state index in [4.69, 9.17) is 37.4 Å². The average Bonchev–Trinajstić information content (AvgIpc) is 3.54. The first kappa shape index (κ1) is 25.3. The van der Waals surface area contributed by atoms with Gasteiger partial charge in [-0.2, -0.15) is 0 Å². The molecular formula is C26H30Cl2N4O4. The molecule has 3 heterocycles. The molecule has 3 atom stereocenters. The predicted molar refractivity (Wildman–Crippen MR) is 139 cm³/mol. The summed E-state index contributed by atoms with van der Waals surface area (Å²) >= 11 is 12.7. The number of aliphatic hydroxyl groups excluding tert-OH is 1. The third kappa shape index (κ3) is 5.64. The lowest BCUT2D eigenvalue weighted by molar-refractivity contribution is -0.189. The summed E-state index contributed by atoms with van der Waals surface area (Å²) in [4.78, 5) is 8.52. The van der Waals surface area contributed by atoms with E-state index in [1.54, 1.807) is 24.7 Å². The van der Waals surface area contributed by atoms with Gasteiger partial charge in [-0.3, -0.25) is 4.90 Å². The summed E-state index contributed by atoms with van der Waals surface area (Å²) in [5, 5.41) is 10.8. The number of aromatic nitrogens is 2. The molecule has 2 saturated heterocycles. The van der Waals surface area contributed by atoms with Gasteiger partial charge in [0, 0.05) is 54.8 Å². The highest BCUT2D eigenvalue weighted by atomic mass is 35.5. The zero-order chi connectivity index (χ0) is 25.1. The molecule has 8 nitrogen and oxygen atoms in total. The Labute approximate surface area is 220 Å². The van der Waals surface area contributed by atoms with Crippen LogP contribution in [0, 0.1) is 0 Å². The normalized spacial score (nSPS) is 23.7. The average molecular weight is 533 g/mol. The van der Waals surface area contributed by atoms with Crippen molar-refractivity contribution in [3.8, 4) is 5.75 Å². The number of anilines is 1. The van der Waals surface area contributed by atoms with Crippen LogP contribution in [0.3, 0.4) is 0 Å². The molecule has 3 aromatic rings. The van der Waals surface area contributed by atoms with Gasteiger partial charge in [0.05, 0.1) is 24.5 Å². The van der Waals surface area contributed by atoms with E-state index in [2.05, 4.69) is 26.9 Å². The van der Waals surface area contributed by atoms with E-state index < -0.39 is 12.0 Å². The molecule has 0 spiro atoms. The van der Waals surface area contributed by atoms with Crippen molar-refractivity contribution < 1.29 is 19.3 Å². The number of aliphatic hydroxyl groups is 1. The van der Waals surface area contributed by atoms with Gasteiger partial charge in [0.1, 0.15) is 24.7 Å². The van der Waals surface area contributed by atoms with Crippen molar-refractivity contribution in [2.75, 3.05) is 44.3 Å². The molecule has 2 aromatic carbocycles. The molecule has 2 aliphatic heterocycles. The van der Waals surface area contributed by atoms with Crippen LogP contribution in [-0.4, -0.2) is 71.3 Å². The van der Waals surface area contributed by atoms with Crippen LogP contribution in [0.4, 0.5) is 5.69 Å². The summed E-state index contributed by atoms with van der Waals surface area (Å²) in [5.74, 6) is -0.310. The van der Waals surface area contributed by atoms with Gasteiger partial charge in [0.2, 0.25) is 5.79 Å². The summed E-state index contributed by atoms with van der Waals surface area (Å²) in [6.45, 7) is 6.34. The summed E-state index contributed by atoms with van der Waals surface area (Å²) in [5.41, 5.74) is 1.86. The van der Waals surface area contributed by atoms with Crippen LogP contribution in [-0.2, 0) is 21.8 Å². The SMILES string of the molecule is CC(O)N1CCN(c2ccc(OC[C@H]3CO[C@](Cn4ccnc4)(c4ccc(Cl)cc4Cl)O3)cc2)CC1. The smallest absolute Gasteiger partial charge is 0.215 e. The fourth-order valence-corrected chi connectivity index (χ4v) is 5.22. The van der Waals surface area contributed by atoms with E-state index in [1.807, 2.05) is 35.9 Å². The second kappa shape index (κ2) is 11.0. The Morgan fingerprint density at radius 2 is 1.92 bits per heavy atom. The first-order valence-corrected chi connectivity index (χ1v) is 12.8. The Bertz CT molecular complexity index is 1140. The van der Waals surface area contributed by atoms with Gasteiger partial charge >= 0.3 is 0 Å². The number of piperazine rings is 1. The van der Waals surface area contributed by atoms with Gasteiger partial charge in [-0.15, -0.1) is 0 Å². The molecular weight excluding hydrogens is 503 g/mol. The monoisotopic (exact) mass is 532 g/mol. The number of hydrogen-bond donors (Lipinski definition) is 1. The summed E-state index contributed by atoms with van der Waals surface area (Å²) in [6.07, 6.45) is 4.60. The van der Waals surface area contributed by atoms with Crippen molar-refractivity contribution in [2.45, 2.75) is 31.6 Å². The maximum Gasteiger partial charge on any atom is 0.215 e. The van der Waals surface area contributed by atoms with Crippen molar-refractivity contribution in [1.29, 1.82) is 0 Å². The van der Waals surface area contributed by atoms with Crippen molar-refractivity contribution in [2.24, 2.45) is 0 Å². The van der Waals surface area contributed by atoms with E-state index in [0.29, 0.717) is 35.4 Å². The lowest BCUT2D eigenvalue weighted by Gasteiger charge is -2.37. The van der Waals surface area contributed by atoms with E-state index in [0.717, 1.165) is 37.6 Å². The first-order valence-electron chi connectivity index (χ1n) is 12.0. The van der Waals surface area contributed by atoms with Gasteiger partial charge in [-0.1, -0.05) is 29.3 Å². The number of halogens is 2. The molecule has 36 heavy (non-hydrogen) atoms. The molecule has 0 amide bonds. The minimum Gasteiger partial charge on any atom is -0.491 e. The van der Waals surface area contributed by atoms with Crippen LogP contribution in [0.5, 0.6) is 5.75 Å². The van der Waals surface area contributed by atoms with Gasteiger partial charge in [0.25, 0.3) is 0 Å². The lowest BCUT2D eigenvalue weighted by Crippen LogP contribution is -2.49. The maximum atomic E-state index is 9.76. The van der Waals surface area contributed by atoms with Gasteiger partial charge in [-0.05, 0) is 43.3 Å². The second-order valence-electron chi connectivity index (χ2n) is 9.12. The van der Waals surface area contributed by atoms with Gasteiger partial charge in [0.15, 0.2) is 0 Å². The number of nitrogens with zero attached hydrogens (tertiary/aromatic N) is 4. The second-order valence-corrected chi connectivity index (χ2v) is 9.97. The Kier molecular flexibility index (Phi) is 7.71. The zero-order valence-electron chi connectivity index (χ0n) is 20.1. The molecule has 0 radical (unpaired) electrons. The molecule has 1 aromatic heterocycles. The van der Waals surface area contributed by atoms with E-state index in [1.165, 1.54) is 0 Å². The molecule has 0 aliphatic carbocycles. The van der Waals surface area contributed by atoms with Crippen LogP contribution in [0.1, 0.15) is 12.5 Å². The number of hydrogen-bond acceptors (Lipinski definition) is 7. The summed E-state index contributed by atoms with van der Waals surface area (Å²) < 4.78 is 20.6. The molecule has 2 aliphatic rings. The maximum absolute atomic E-state index is 9.76. The van der Waals surface area contributed by atoms with E-state index >= 15 is 0 Å². The highest BCUT2D eigenvalue weighted by molar-refractivity contribution is 6.35. The zero-order valence-corrected chi connectivity index (χ0v) is 21.6. The molecule has 10 heteroatoms. The molecule has 5 rings (SSSR count). The lowest BCUT2D eigenvalue weighted by atomic mass is 10.1. The highest BCUT2D eigenvalue weighted by Crippen LogP contribution is 2.40. The minimum atomic E-state index is -1.07. The summed E-state index contributed by atoms with van der Waals surface area (Å²) in [6, 6.07) is 13.4. The van der Waals surface area contributed by atoms with Crippen LogP contribution >= 0.6 is 23.2 Å². The van der Waals surface area contributed by atoms with Crippen LogP contribution in [0.25, 0.3) is 0 Å². The van der Waals surface area contributed by atoms with Crippen molar-refractivity contribution in [3.63, 3.8) is 0 Å². The summed E-state index contributed by atoms with van der Waals surface area (Å²) in [7, 11) is 0. The Morgan fingerprint density at radius 3 is 2.58 bits per heavy atom. The van der Waals surface area contributed by atoms with Gasteiger partial charge in [-0.25, -0.2) is 4.98 Å². The molecule has 0 saturated carbocycles. The first-order chi connectivity index (χ1) is 17.4. The number of benzene rings is 2. The Balaban J connectivity index is 1.21. The van der Waals surface area contributed by atoms with Gasteiger partial charge < -0.3 is 28.8 Å². The minimum absolute atomic E-state index is 0.284. The quantitative estimate of drug-likeness (QED) is 0.470. The van der Waals surface area contributed by atoms with E-state index in [-0.39, 0.29) is 6.10 Å². The molecule has 192 valence electrons. The van der Waals surface area contributed by atoms with Crippen molar-refractivity contribution >= 4 is 28.9 Å². The third-order valence-corrected chi connectivity index (χ3v) is 7.18. The molecule has 1 N–H and O–H groups in total.